The molecule has 1 rings (SSSR count). The number of hydrogen-bond acceptors (Lipinski definition) is 3. The first-order valence-corrected chi connectivity index (χ1v) is 5.34. The molecule has 1 unspecified atom stereocenters. The Hall–Kier alpha value is -0.870. The lowest BCUT2D eigenvalue weighted by atomic mass is 10.2. The van der Waals surface area contributed by atoms with Gasteiger partial charge in [-0.15, -0.1) is 0 Å². The van der Waals surface area contributed by atoms with E-state index in [1.54, 1.807) is 6.20 Å². The third-order valence-corrected chi connectivity index (χ3v) is 2.12. The smallest absolute Gasteiger partial charge is 0.105 e. The second kappa shape index (κ2) is 5.28. The molecule has 1 N–H and O–H groups in total. The number of rotatable bonds is 5. The van der Waals surface area contributed by atoms with Gasteiger partial charge in [-0.3, -0.25) is 4.68 Å². The van der Waals surface area contributed by atoms with Crippen LogP contribution in [-0.4, -0.2) is 27.6 Å². The van der Waals surface area contributed by atoms with E-state index in [0.717, 1.165) is 5.56 Å². The molecule has 1 aromatic heterocycles. The van der Waals surface area contributed by atoms with Crippen LogP contribution in [0.1, 0.15) is 45.4 Å². The van der Waals surface area contributed by atoms with E-state index in [9.17, 15) is 5.11 Å². The third kappa shape index (κ3) is 3.64. The van der Waals surface area contributed by atoms with Gasteiger partial charge in [-0.2, -0.15) is 5.10 Å². The van der Waals surface area contributed by atoms with Gasteiger partial charge in [0.1, 0.15) is 6.10 Å². The predicted octanol–water partition coefficient (Wildman–Crippen LogP) is 1.92. The monoisotopic (exact) mass is 212 g/mol. The van der Waals surface area contributed by atoms with Gasteiger partial charge in [0.25, 0.3) is 0 Å². The van der Waals surface area contributed by atoms with E-state index in [0.29, 0.717) is 12.6 Å². The molecule has 0 spiro atoms. The van der Waals surface area contributed by atoms with Gasteiger partial charge in [-0.05, 0) is 27.7 Å². The minimum Gasteiger partial charge on any atom is -0.386 e. The number of hydrogen-bond donors (Lipinski definition) is 1. The highest BCUT2D eigenvalue weighted by molar-refractivity contribution is 5.08. The summed E-state index contributed by atoms with van der Waals surface area (Å²) in [6.07, 6.45) is 3.10. The molecule has 0 bridgehead atoms. The maximum atomic E-state index is 9.79. The van der Waals surface area contributed by atoms with Crippen LogP contribution in [0.3, 0.4) is 0 Å². The van der Waals surface area contributed by atoms with Gasteiger partial charge in [-0.25, -0.2) is 0 Å². The number of ether oxygens (including phenoxy) is 1. The molecule has 0 radical (unpaired) electrons. The van der Waals surface area contributed by atoms with Crippen LogP contribution in [0.2, 0.25) is 0 Å². The topological polar surface area (TPSA) is 47.3 Å². The van der Waals surface area contributed by atoms with Crippen molar-refractivity contribution < 1.29 is 9.84 Å². The zero-order chi connectivity index (χ0) is 11.4. The second-order valence-corrected chi connectivity index (χ2v) is 4.25. The highest BCUT2D eigenvalue weighted by Crippen LogP contribution is 2.14. The van der Waals surface area contributed by atoms with Crippen molar-refractivity contribution in [3.8, 4) is 0 Å². The van der Waals surface area contributed by atoms with E-state index >= 15 is 0 Å². The van der Waals surface area contributed by atoms with Crippen LogP contribution in [-0.2, 0) is 4.74 Å². The molecule has 0 fully saturated rings. The molecule has 0 aliphatic rings. The van der Waals surface area contributed by atoms with Crippen molar-refractivity contribution in [3.05, 3.63) is 18.0 Å². The van der Waals surface area contributed by atoms with Gasteiger partial charge in [0.2, 0.25) is 0 Å². The summed E-state index contributed by atoms with van der Waals surface area (Å²) in [4.78, 5) is 0. The van der Waals surface area contributed by atoms with Crippen LogP contribution in [0.25, 0.3) is 0 Å². The van der Waals surface area contributed by atoms with Gasteiger partial charge in [0.05, 0.1) is 18.9 Å². The second-order valence-electron chi connectivity index (χ2n) is 4.25. The fourth-order valence-electron chi connectivity index (χ4n) is 1.19. The average Bonchev–Trinajstić information content (AvgIpc) is 2.62. The molecule has 0 aromatic carbocycles. The fraction of sp³-hybridized carbons (Fsp3) is 0.727. The Morgan fingerprint density at radius 2 is 2.07 bits per heavy atom. The summed E-state index contributed by atoms with van der Waals surface area (Å²) in [6, 6.07) is 0.317. The molecule has 1 aromatic rings. The van der Waals surface area contributed by atoms with E-state index < -0.39 is 6.10 Å². The molecular formula is C11H20N2O2. The van der Waals surface area contributed by atoms with Gasteiger partial charge in [0, 0.05) is 17.8 Å². The molecule has 0 saturated carbocycles. The maximum Gasteiger partial charge on any atom is 0.105 e. The standard InChI is InChI=1S/C11H20N2O2/c1-8(2)13-6-10(5-12-13)11(14)7-15-9(3)4/h5-6,8-9,11,14H,7H2,1-4H3. The number of aliphatic hydroxyl groups is 1. The summed E-state index contributed by atoms with van der Waals surface area (Å²) in [6.45, 7) is 8.32. The quantitative estimate of drug-likeness (QED) is 0.811. The Morgan fingerprint density at radius 1 is 1.40 bits per heavy atom. The molecule has 0 aliphatic carbocycles. The molecule has 1 heterocycles. The Bertz CT molecular complexity index is 295. The van der Waals surface area contributed by atoms with E-state index in [2.05, 4.69) is 5.10 Å². The van der Waals surface area contributed by atoms with Crippen molar-refractivity contribution in [2.75, 3.05) is 6.61 Å². The lowest BCUT2D eigenvalue weighted by molar-refractivity contribution is 0.00488. The minimum atomic E-state index is -0.583. The van der Waals surface area contributed by atoms with Crippen molar-refractivity contribution in [3.63, 3.8) is 0 Å². The maximum absolute atomic E-state index is 9.79. The molecule has 1 atom stereocenters. The predicted molar refractivity (Wildman–Crippen MR) is 58.7 cm³/mol. The van der Waals surface area contributed by atoms with Crippen LogP contribution < -0.4 is 0 Å². The van der Waals surface area contributed by atoms with E-state index in [-0.39, 0.29) is 6.10 Å². The Kier molecular flexibility index (Phi) is 4.29. The fourth-order valence-corrected chi connectivity index (χ4v) is 1.19. The van der Waals surface area contributed by atoms with Crippen molar-refractivity contribution in [2.24, 2.45) is 0 Å². The van der Waals surface area contributed by atoms with Gasteiger partial charge < -0.3 is 9.84 Å². The SMILES string of the molecule is CC(C)OCC(O)c1cnn(C(C)C)c1. The molecule has 86 valence electrons. The van der Waals surface area contributed by atoms with Crippen molar-refractivity contribution in [1.29, 1.82) is 0 Å². The molecule has 0 amide bonds. The highest BCUT2D eigenvalue weighted by atomic mass is 16.5. The van der Waals surface area contributed by atoms with Gasteiger partial charge in [-0.1, -0.05) is 0 Å². The zero-order valence-electron chi connectivity index (χ0n) is 9.84. The molecule has 15 heavy (non-hydrogen) atoms. The van der Waals surface area contributed by atoms with Crippen LogP contribution in [0, 0.1) is 0 Å². The van der Waals surface area contributed by atoms with Crippen molar-refractivity contribution in [2.45, 2.75) is 45.9 Å². The molecular weight excluding hydrogens is 192 g/mol. The zero-order valence-corrected chi connectivity index (χ0v) is 9.84. The van der Waals surface area contributed by atoms with E-state index in [1.165, 1.54) is 0 Å². The molecule has 4 heteroatoms. The van der Waals surface area contributed by atoms with Crippen molar-refractivity contribution >= 4 is 0 Å². The lowest BCUT2D eigenvalue weighted by Gasteiger charge is -2.11. The van der Waals surface area contributed by atoms with Crippen LogP contribution >= 0.6 is 0 Å². The largest absolute Gasteiger partial charge is 0.386 e. The van der Waals surface area contributed by atoms with Crippen molar-refractivity contribution in [1.82, 2.24) is 9.78 Å². The number of aliphatic hydroxyl groups excluding tert-OH is 1. The summed E-state index contributed by atoms with van der Waals surface area (Å²) in [5, 5.41) is 14.0. The Balaban J connectivity index is 2.54. The first-order valence-electron chi connectivity index (χ1n) is 5.34. The van der Waals surface area contributed by atoms with Gasteiger partial charge >= 0.3 is 0 Å². The summed E-state index contributed by atoms with van der Waals surface area (Å²) in [5.74, 6) is 0. The average molecular weight is 212 g/mol. The Labute approximate surface area is 90.9 Å². The first-order chi connectivity index (χ1) is 7.00. The highest BCUT2D eigenvalue weighted by Gasteiger charge is 2.11. The summed E-state index contributed by atoms with van der Waals surface area (Å²) < 4.78 is 7.17. The van der Waals surface area contributed by atoms with E-state index in [4.69, 9.17) is 4.74 Å². The van der Waals surface area contributed by atoms with Gasteiger partial charge in [0.15, 0.2) is 0 Å². The summed E-state index contributed by atoms with van der Waals surface area (Å²) in [7, 11) is 0. The summed E-state index contributed by atoms with van der Waals surface area (Å²) >= 11 is 0. The van der Waals surface area contributed by atoms with Crippen LogP contribution in [0.5, 0.6) is 0 Å². The third-order valence-electron chi connectivity index (χ3n) is 2.12. The van der Waals surface area contributed by atoms with Crippen LogP contribution in [0.4, 0.5) is 0 Å². The number of nitrogens with zero attached hydrogens (tertiary/aromatic N) is 2. The lowest BCUT2D eigenvalue weighted by Crippen LogP contribution is -2.11. The molecule has 0 aliphatic heterocycles. The Morgan fingerprint density at radius 3 is 2.53 bits per heavy atom. The number of aromatic nitrogens is 2. The first kappa shape index (κ1) is 12.2. The summed E-state index contributed by atoms with van der Waals surface area (Å²) in [5.41, 5.74) is 0.810. The molecule has 0 saturated heterocycles. The normalized spacial score (nSPS) is 13.8. The minimum absolute atomic E-state index is 0.139. The van der Waals surface area contributed by atoms with E-state index in [1.807, 2.05) is 38.6 Å². The van der Waals surface area contributed by atoms with Crippen LogP contribution in [0.15, 0.2) is 12.4 Å². The molecule has 4 nitrogen and oxygen atoms in total.